The molecule has 1 heterocycles. The van der Waals surface area contributed by atoms with Gasteiger partial charge in [-0.1, -0.05) is 6.07 Å². The first-order chi connectivity index (χ1) is 9.60. The van der Waals surface area contributed by atoms with Crippen molar-refractivity contribution in [1.29, 1.82) is 0 Å². The lowest BCUT2D eigenvalue weighted by molar-refractivity contribution is -0.126. The third-order valence-corrected chi connectivity index (χ3v) is 2.81. The number of hydroxylamine groups is 1. The Labute approximate surface area is 123 Å². The maximum atomic E-state index is 14.0. The first-order valence-corrected chi connectivity index (χ1v) is 6.40. The zero-order valence-corrected chi connectivity index (χ0v) is 12.1. The van der Waals surface area contributed by atoms with Gasteiger partial charge in [-0.2, -0.15) is 5.10 Å². The molecule has 2 aromatic rings. The van der Waals surface area contributed by atoms with E-state index in [1.54, 1.807) is 24.5 Å². The SMILES string of the molecule is CONC(=O)/C=C\c1ccc(-n2cc(Br)cn2)c(F)c1. The monoisotopic (exact) mass is 339 g/mol. The van der Waals surface area contributed by atoms with Crippen LogP contribution >= 0.6 is 15.9 Å². The third-order valence-electron chi connectivity index (χ3n) is 2.40. The Morgan fingerprint density at radius 2 is 2.35 bits per heavy atom. The number of nitrogens with zero attached hydrogens (tertiary/aromatic N) is 2. The fourth-order valence-electron chi connectivity index (χ4n) is 1.55. The highest BCUT2D eigenvalue weighted by molar-refractivity contribution is 9.10. The molecule has 2 rings (SSSR count). The van der Waals surface area contributed by atoms with E-state index in [2.05, 4.69) is 31.3 Å². The van der Waals surface area contributed by atoms with Crippen molar-refractivity contribution in [2.24, 2.45) is 0 Å². The van der Waals surface area contributed by atoms with E-state index in [9.17, 15) is 9.18 Å². The summed E-state index contributed by atoms with van der Waals surface area (Å²) in [5, 5.41) is 4.01. The normalized spacial score (nSPS) is 10.9. The standard InChI is InChI=1S/C13H11BrFN3O2/c1-20-17-13(19)5-3-9-2-4-12(11(15)6-9)18-8-10(14)7-16-18/h2-8H,1H3,(H,17,19)/b5-3-. The largest absolute Gasteiger partial charge is 0.277 e. The van der Waals surface area contributed by atoms with E-state index in [0.29, 0.717) is 11.3 Å². The van der Waals surface area contributed by atoms with E-state index in [1.807, 2.05) is 0 Å². The maximum absolute atomic E-state index is 14.0. The predicted molar refractivity (Wildman–Crippen MR) is 75.4 cm³/mol. The molecule has 0 aliphatic carbocycles. The summed E-state index contributed by atoms with van der Waals surface area (Å²) in [7, 11) is 1.34. The zero-order valence-electron chi connectivity index (χ0n) is 10.5. The lowest BCUT2D eigenvalue weighted by Crippen LogP contribution is -2.18. The number of rotatable bonds is 4. The quantitative estimate of drug-likeness (QED) is 0.687. The Bertz CT molecular complexity index is 655. The van der Waals surface area contributed by atoms with Crippen LogP contribution in [0.25, 0.3) is 11.8 Å². The van der Waals surface area contributed by atoms with Gasteiger partial charge in [0.15, 0.2) is 0 Å². The second-order valence-electron chi connectivity index (χ2n) is 3.82. The van der Waals surface area contributed by atoms with Gasteiger partial charge in [-0.05, 0) is 39.7 Å². The van der Waals surface area contributed by atoms with Crippen molar-refractivity contribution in [2.75, 3.05) is 7.11 Å². The van der Waals surface area contributed by atoms with Crippen LogP contribution in [0.5, 0.6) is 0 Å². The van der Waals surface area contributed by atoms with Crippen molar-refractivity contribution < 1.29 is 14.0 Å². The summed E-state index contributed by atoms with van der Waals surface area (Å²) in [5.41, 5.74) is 3.02. The van der Waals surface area contributed by atoms with Gasteiger partial charge in [0.2, 0.25) is 0 Å². The number of hydrogen-bond donors (Lipinski definition) is 1. The van der Waals surface area contributed by atoms with Crippen LogP contribution in [-0.4, -0.2) is 22.8 Å². The molecule has 0 aliphatic rings. The second-order valence-corrected chi connectivity index (χ2v) is 4.73. The molecule has 0 aliphatic heterocycles. The summed E-state index contributed by atoms with van der Waals surface area (Å²) in [6.45, 7) is 0. The summed E-state index contributed by atoms with van der Waals surface area (Å²) in [4.78, 5) is 15.6. The third kappa shape index (κ3) is 3.52. The van der Waals surface area contributed by atoms with Crippen LogP contribution in [0.1, 0.15) is 5.56 Å². The highest BCUT2D eigenvalue weighted by Crippen LogP contribution is 2.17. The Kier molecular flexibility index (Phi) is 4.65. The summed E-state index contributed by atoms with van der Waals surface area (Å²) in [6.07, 6.45) is 5.96. The molecule has 1 N–H and O–H groups in total. The number of aromatic nitrogens is 2. The lowest BCUT2D eigenvalue weighted by Gasteiger charge is -2.04. The summed E-state index contributed by atoms with van der Waals surface area (Å²) < 4.78 is 16.2. The topological polar surface area (TPSA) is 56.1 Å². The number of amides is 1. The van der Waals surface area contributed by atoms with Crippen LogP contribution < -0.4 is 5.48 Å². The average Bonchev–Trinajstić information content (AvgIpc) is 2.83. The Morgan fingerprint density at radius 3 is 2.95 bits per heavy atom. The molecule has 20 heavy (non-hydrogen) atoms. The van der Waals surface area contributed by atoms with E-state index < -0.39 is 11.7 Å². The molecule has 0 unspecified atom stereocenters. The number of benzene rings is 1. The van der Waals surface area contributed by atoms with Crippen LogP contribution in [-0.2, 0) is 9.63 Å². The molecule has 0 fully saturated rings. The van der Waals surface area contributed by atoms with Gasteiger partial charge >= 0.3 is 0 Å². The Morgan fingerprint density at radius 1 is 1.55 bits per heavy atom. The predicted octanol–water partition coefficient (Wildman–Crippen LogP) is 2.46. The van der Waals surface area contributed by atoms with Crippen LogP contribution in [0.2, 0.25) is 0 Å². The molecular weight excluding hydrogens is 329 g/mol. The van der Waals surface area contributed by atoms with Gasteiger partial charge in [0.25, 0.3) is 5.91 Å². The van der Waals surface area contributed by atoms with Crippen molar-refractivity contribution >= 4 is 27.9 Å². The second kappa shape index (κ2) is 6.44. The van der Waals surface area contributed by atoms with E-state index in [1.165, 1.54) is 30.0 Å². The Hall–Kier alpha value is -1.99. The molecule has 7 heteroatoms. The molecular formula is C13H11BrFN3O2. The van der Waals surface area contributed by atoms with Gasteiger partial charge in [-0.25, -0.2) is 14.6 Å². The molecule has 1 amide bonds. The van der Waals surface area contributed by atoms with Crippen molar-refractivity contribution in [2.45, 2.75) is 0 Å². The van der Waals surface area contributed by atoms with E-state index >= 15 is 0 Å². The molecule has 0 saturated heterocycles. The summed E-state index contributed by atoms with van der Waals surface area (Å²) in [6, 6.07) is 4.59. The summed E-state index contributed by atoms with van der Waals surface area (Å²) in [5.74, 6) is -0.858. The molecule has 0 radical (unpaired) electrons. The molecule has 1 aromatic carbocycles. The molecule has 1 aromatic heterocycles. The number of hydrogen-bond acceptors (Lipinski definition) is 3. The number of carbonyl (C=O) groups excluding carboxylic acids is 1. The van der Waals surface area contributed by atoms with Crippen LogP contribution in [0.4, 0.5) is 4.39 Å². The van der Waals surface area contributed by atoms with Crippen molar-refractivity contribution in [3.63, 3.8) is 0 Å². The zero-order chi connectivity index (χ0) is 14.5. The number of halogens is 2. The Balaban J connectivity index is 2.20. The number of nitrogens with one attached hydrogen (secondary N) is 1. The van der Waals surface area contributed by atoms with E-state index in [-0.39, 0.29) is 0 Å². The van der Waals surface area contributed by atoms with Gasteiger partial charge in [0.1, 0.15) is 11.5 Å². The highest BCUT2D eigenvalue weighted by Gasteiger charge is 2.06. The molecule has 0 atom stereocenters. The highest BCUT2D eigenvalue weighted by atomic mass is 79.9. The number of carbonyl (C=O) groups is 1. The summed E-state index contributed by atoms with van der Waals surface area (Å²) >= 11 is 3.25. The van der Waals surface area contributed by atoms with Gasteiger partial charge < -0.3 is 0 Å². The van der Waals surface area contributed by atoms with Crippen LogP contribution in [0.15, 0.2) is 41.1 Å². The molecule has 0 spiro atoms. The minimum absolute atomic E-state index is 0.328. The van der Waals surface area contributed by atoms with Gasteiger partial charge in [0, 0.05) is 12.3 Å². The van der Waals surface area contributed by atoms with E-state index in [0.717, 1.165) is 4.47 Å². The first-order valence-electron chi connectivity index (χ1n) is 5.61. The average molecular weight is 340 g/mol. The van der Waals surface area contributed by atoms with Crippen molar-refractivity contribution in [3.8, 4) is 5.69 Å². The first kappa shape index (κ1) is 14.4. The molecule has 104 valence electrons. The van der Waals surface area contributed by atoms with Crippen LogP contribution in [0.3, 0.4) is 0 Å². The van der Waals surface area contributed by atoms with Crippen LogP contribution in [0, 0.1) is 5.82 Å². The molecule has 0 saturated carbocycles. The minimum Gasteiger partial charge on any atom is -0.277 e. The van der Waals surface area contributed by atoms with E-state index in [4.69, 9.17) is 0 Å². The fraction of sp³-hybridized carbons (Fsp3) is 0.0769. The maximum Gasteiger partial charge on any atom is 0.267 e. The lowest BCUT2D eigenvalue weighted by atomic mass is 10.2. The molecule has 0 bridgehead atoms. The van der Waals surface area contributed by atoms with Crippen molar-refractivity contribution in [3.05, 3.63) is 52.5 Å². The van der Waals surface area contributed by atoms with Gasteiger partial charge in [0.05, 0.1) is 17.8 Å². The minimum atomic E-state index is -0.435. The van der Waals surface area contributed by atoms with Crippen molar-refractivity contribution in [1.82, 2.24) is 15.3 Å². The fourth-order valence-corrected chi connectivity index (χ4v) is 1.84. The smallest absolute Gasteiger partial charge is 0.267 e. The van der Waals surface area contributed by atoms with Gasteiger partial charge in [-0.15, -0.1) is 0 Å². The van der Waals surface area contributed by atoms with Gasteiger partial charge in [-0.3, -0.25) is 9.63 Å². The molecule has 5 nitrogen and oxygen atoms in total.